The van der Waals surface area contributed by atoms with Gasteiger partial charge >= 0.3 is 0 Å². The summed E-state index contributed by atoms with van der Waals surface area (Å²) in [6.45, 7) is 0. The molecule has 0 saturated heterocycles. The van der Waals surface area contributed by atoms with Crippen LogP contribution in [0.4, 0.5) is 0 Å². The second-order valence-electron chi connectivity index (χ2n) is 5.16. The first-order valence-corrected chi connectivity index (χ1v) is 7.62. The van der Waals surface area contributed by atoms with Crippen molar-refractivity contribution in [1.82, 2.24) is 19.6 Å². The number of fused-ring (bicyclic) bond motifs is 3. The van der Waals surface area contributed by atoms with E-state index in [1.165, 1.54) is 4.52 Å². The van der Waals surface area contributed by atoms with Crippen LogP contribution in [0.2, 0.25) is 5.28 Å². The molecule has 0 aliphatic heterocycles. The second kappa shape index (κ2) is 5.65. The van der Waals surface area contributed by atoms with Gasteiger partial charge in [0, 0.05) is 10.9 Å². The van der Waals surface area contributed by atoms with Crippen molar-refractivity contribution >= 4 is 28.2 Å². The molecular weight excluding hydrogens is 328 g/mol. The van der Waals surface area contributed by atoms with Gasteiger partial charge in [-0.25, -0.2) is 9.97 Å². The molecule has 0 aliphatic carbocycles. The molecule has 0 amide bonds. The molecule has 6 nitrogen and oxygen atoms in total. The number of ether oxygens (including phenoxy) is 2. The van der Waals surface area contributed by atoms with Gasteiger partial charge in [0.1, 0.15) is 11.5 Å². The van der Waals surface area contributed by atoms with Gasteiger partial charge in [0.15, 0.2) is 11.5 Å². The zero-order chi connectivity index (χ0) is 16.7. The smallest absolute Gasteiger partial charge is 0.226 e. The Balaban J connectivity index is 1.95. The normalized spacial score (nSPS) is 11.1. The maximum absolute atomic E-state index is 6.26. The summed E-state index contributed by atoms with van der Waals surface area (Å²) in [7, 11) is 3.25. The maximum Gasteiger partial charge on any atom is 0.226 e. The summed E-state index contributed by atoms with van der Waals surface area (Å²) in [5.41, 5.74) is 2.24. The molecule has 0 bridgehead atoms. The van der Waals surface area contributed by atoms with Gasteiger partial charge < -0.3 is 9.47 Å². The van der Waals surface area contributed by atoms with E-state index in [-0.39, 0.29) is 5.28 Å². The van der Waals surface area contributed by atoms with Gasteiger partial charge in [0.2, 0.25) is 5.28 Å². The summed E-state index contributed by atoms with van der Waals surface area (Å²) in [5.74, 6) is 2.07. The zero-order valence-corrected chi connectivity index (χ0v) is 13.8. The molecule has 0 atom stereocenters. The average Bonchev–Trinajstić information content (AvgIpc) is 3.08. The molecule has 4 rings (SSSR count). The number of rotatable bonds is 3. The van der Waals surface area contributed by atoms with Crippen molar-refractivity contribution in [3.8, 4) is 22.9 Å². The molecule has 0 fully saturated rings. The number of hydrogen-bond acceptors (Lipinski definition) is 5. The van der Waals surface area contributed by atoms with Crippen LogP contribution in [-0.2, 0) is 0 Å². The number of methoxy groups -OCH3 is 2. The summed E-state index contributed by atoms with van der Waals surface area (Å²) in [5, 5.41) is 5.56. The number of aromatic nitrogens is 4. The van der Waals surface area contributed by atoms with E-state index in [0.29, 0.717) is 11.5 Å². The Morgan fingerprint density at radius 3 is 2.33 bits per heavy atom. The van der Waals surface area contributed by atoms with Gasteiger partial charge in [-0.05, 0) is 54.1 Å². The lowest BCUT2D eigenvalue weighted by molar-refractivity contribution is 0.415. The van der Waals surface area contributed by atoms with Crippen LogP contribution >= 0.6 is 11.6 Å². The minimum absolute atomic E-state index is 0.259. The van der Waals surface area contributed by atoms with Crippen LogP contribution < -0.4 is 9.47 Å². The topological polar surface area (TPSA) is 61.5 Å². The number of hydrogen-bond donors (Lipinski definition) is 0. The highest BCUT2D eigenvalue weighted by molar-refractivity contribution is 6.29. The monoisotopic (exact) mass is 340 g/mol. The Morgan fingerprint density at radius 1 is 0.917 bits per heavy atom. The summed E-state index contributed by atoms with van der Waals surface area (Å²) >= 11 is 6.26. The fourth-order valence-corrected chi connectivity index (χ4v) is 2.75. The van der Waals surface area contributed by atoms with Gasteiger partial charge in [-0.15, -0.1) is 5.10 Å². The van der Waals surface area contributed by atoms with Crippen molar-refractivity contribution in [2.45, 2.75) is 0 Å². The zero-order valence-electron chi connectivity index (χ0n) is 13.0. The fourth-order valence-electron chi connectivity index (χ4n) is 2.54. The molecule has 0 saturated carbocycles. The Kier molecular flexibility index (Phi) is 3.46. The van der Waals surface area contributed by atoms with Gasteiger partial charge in [0.05, 0.1) is 19.7 Å². The van der Waals surface area contributed by atoms with Crippen LogP contribution in [0.1, 0.15) is 0 Å². The summed E-state index contributed by atoms with van der Waals surface area (Å²) in [6.07, 6.45) is 0. The highest BCUT2D eigenvalue weighted by Gasteiger charge is 2.14. The minimum atomic E-state index is 0.259. The van der Waals surface area contributed by atoms with Crippen LogP contribution in [0.25, 0.3) is 27.9 Å². The summed E-state index contributed by atoms with van der Waals surface area (Å²) < 4.78 is 12.0. The van der Waals surface area contributed by atoms with Gasteiger partial charge in [-0.1, -0.05) is 0 Å². The predicted octanol–water partition coefficient (Wildman–Crippen LogP) is 3.62. The van der Waals surface area contributed by atoms with Crippen molar-refractivity contribution in [2.24, 2.45) is 0 Å². The average molecular weight is 341 g/mol. The first-order chi connectivity index (χ1) is 11.7. The van der Waals surface area contributed by atoms with Crippen LogP contribution in [-0.4, -0.2) is 33.8 Å². The fraction of sp³-hybridized carbons (Fsp3) is 0.118. The molecule has 4 aromatic rings. The van der Waals surface area contributed by atoms with Crippen LogP contribution in [0.3, 0.4) is 0 Å². The Labute approximate surface area is 142 Å². The van der Waals surface area contributed by atoms with E-state index in [1.54, 1.807) is 14.2 Å². The van der Waals surface area contributed by atoms with Gasteiger partial charge in [0.25, 0.3) is 0 Å². The van der Waals surface area contributed by atoms with E-state index in [1.807, 2.05) is 42.5 Å². The number of halogens is 1. The number of nitrogens with zero attached hydrogens (tertiary/aromatic N) is 4. The van der Waals surface area contributed by atoms with Crippen molar-refractivity contribution in [1.29, 1.82) is 0 Å². The lowest BCUT2D eigenvalue weighted by Gasteiger charge is -2.03. The van der Waals surface area contributed by atoms with Crippen molar-refractivity contribution < 1.29 is 9.47 Å². The molecule has 0 aliphatic rings. The lowest BCUT2D eigenvalue weighted by Crippen LogP contribution is -1.95. The lowest BCUT2D eigenvalue weighted by atomic mass is 10.2. The first-order valence-electron chi connectivity index (χ1n) is 7.24. The van der Waals surface area contributed by atoms with Crippen LogP contribution in [0.5, 0.6) is 11.5 Å². The molecule has 0 radical (unpaired) electrons. The Morgan fingerprint density at radius 2 is 1.62 bits per heavy atom. The largest absolute Gasteiger partial charge is 0.497 e. The quantitative estimate of drug-likeness (QED) is 0.533. The van der Waals surface area contributed by atoms with Crippen LogP contribution in [0, 0.1) is 0 Å². The highest BCUT2D eigenvalue weighted by Crippen LogP contribution is 2.27. The predicted molar refractivity (Wildman–Crippen MR) is 91.8 cm³/mol. The maximum atomic E-state index is 6.26. The number of benzene rings is 2. The molecule has 2 aromatic heterocycles. The Hall–Kier alpha value is -2.86. The molecule has 2 aromatic carbocycles. The van der Waals surface area contributed by atoms with Gasteiger partial charge in [-0.2, -0.15) is 4.52 Å². The van der Waals surface area contributed by atoms with Crippen LogP contribution in [0.15, 0.2) is 42.5 Å². The third kappa shape index (κ3) is 2.32. The first kappa shape index (κ1) is 14.7. The standard InChI is InChI=1S/C17H13ClN4O2/c1-23-11-5-3-10(4-6-11)15-20-16-13-9-12(24-2)7-8-14(13)19-17(18)22(16)21-15/h3-9H,1-2H3. The molecule has 0 spiro atoms. The third-order valence-corrected chi connectivity index (χ3v) is 4.03. The second-order valence-corrected chi connectivity index (χ2v) is 5.50. The van der Waals surface area contributed by atoms with E-state index < -0.39 is 0 Å². The van der Waals surface area contributed by atoms with Crippen molar-refractivity contribution in [3.05, 3.63) is 47.7 Å². The Bertz CT molecular complexity index is 1040. The van der Waals surface area contributed by atoms with E-state index in [2.05, 4.69) is 15.1 Å². The molecule has 2 heterocycles. The minimum Gasteiger partial charge on any atom is -0.497 e. The molecule has 24 heavy (non-hydrogen) atoms. The van der Waals surface area contributed by atoms with Crippen molar-refractivity contribution in [3.63, 3.8) is 0 Å². The van der Waals surface area contributed by atoms with E-state index in [4.69, 9.17) is 21.1 Å². The molecular formula is C17H13ClN4O2. The SMILES string of the molecule is COc1ccc(-c2nc3c4cc(OC)ccc4nc(Cl)n3n2)cc1. The molecule has 7 heteroatoms. The highest BCUT2D eigenvalue weighted by atomic mass is 35.5. The third-order valence-electron chi connectivity index (χ3n) is 3.79. The van der Waals surface area contributed by atoms with E-state index in [0.717, 1.165) is 28.0 Å². The molecule has 0 unspecified atom stereocenters. The molecule has 120 valence electrons. The summed E-state index contributed by atoms with van der Waals surface area (Å²) in [6, 6.07) is 13.1. The van der Waals surface area contributed by atoms with Crippen molar-refractivity contribution in [2.75, 3.05) is 14.2 Å². The van der Waals surface area contributed by atoms with E-state index in [9.17, 15) is 0 Å². The van der Waals surface area contributed by atoms with E-state index >= 15 is 0 Å². The molecule has 0 N–H and O–H groups in total. The summed E-state index contributed by atoms with van der Waals surface area (Å²) in [4.78, 5) is 9.00. The van der Waals surface area contributed by atoms with Gasteiger partial charge in [-0.3, -0.25) is 0 Å².